The molecule has 0 fully saturated rings. The Morgan fingerprint density at radius 3 is 3.07 bits per heavy atom. The molecule has 1 heterocycles. The second-order valence-electron chi connectivity index (χ2n) is 2.23. The van der Waals surface area contributed by atoms with Gasteiger partial charge < -0.3 is 9.15 Å². The summed E-state index contributed by atoms with van der Waals surface area (Å²) in [6.45, 7) is 0. The molecule has 1 rings (SSSR count). The van der Waals surface area contributed by atoms with E-state index in [1.165, 1.54) is 19.4 Å². The minimum atomic E-state index is -0.709. The van der Waals surface area contributed by atoms with Gasteiger partial charge in [-0.15, -0.1) is 0 Å². The van der Waals surface area contributed by atoms with E-state index in [0.29, 0.717) is 5.76 Å². The maximum Gasteiger partial charge on any atom is 0.340 e. The minimum absolute atomic E-state index is 0.148. The Morgan fingerprint density at radius 1 is 1.79 bits per heavy atom. The molecule has 1 aromatic heterocycles. The molecule has 0 bridgehead atoms. The van der Waals surface area contributed by atoms with Crippen LogP contribution in [0.5, 0.6) is 0 Å². The number of hydrogen-bond acceptors (Lipinski definition) is 4. The summed E-state index contributed by atoms with van der Waals surface area (Å²) in [6.07, 6.45) is 2.74. The topological polar surface area (TPSA) is 88.2 Å². The number of nitrogens with zero attached hydrogens (tertiary/aromatic N) is 3. The molecular weight excluding hydrogens is 186 g/mol. The Kier molecular flexibility index (Phi) is 3.34. The molecule has 6 nitrogen and oxygen atoms in total. The lowest BCUT2D eigenvalue weighted by atomic mass is 10.3. The average molecular weight is 193 g/mol. The number of rotatable bonds is 3. The molecule has 0 aliphatic rings. The number of carbonyl (C=O) groups is 1. The number of azide groups is 1. The second kappa shape index (κ2) is 4.74. The molecule has 0 aliphatic carbocycles. The normalized spacial score (nSPS) is 10.5. The molecule has 1 aromatic rings. The van der Waals surface area contributed by atoms with Crippen LogP contribution in [-0.2, 0) is 9.53 Å². The second-order valence-corrected chi connectivity index (χ2v) is 2.23. The summed E-state index contributed by atoms with van der Waals surface area (Å²) in [7, 11) is 1.20. The summed E-state index contributed by atoms with van der Waals surface area (Å²) >= 11 is 0. The molecule has 0 saturated heterocycles. The average Bonchev–Trinajstić information content (AvgIpc) is 2.68. The molecule has 72 valence electrons. The Labute approximate surface area is 79.4 Å². The minimum Gasteiger partial charge on any atom is -0.466 e. The quantitative estimate of drug-likeness (QED) is 0.242. The summed E-state index contributed by atoms with van der Waals surface area (Å²) in [4.78, 5) is 13.5. The first kappa shape index (κ1) is 9.88. The number of carbonyl (C=O) groups excluding carboxylic acids is 1. The first-order chi connectivity index (χ1) is 6.77. The molecule has 0 aromatic carbocycles. The van der Waals surface area contributed by atoms with Crippen LogP contribution in [0.1, 0.15) is 5.76 Å². The van der Waals surface area contributed by atoms with Gasteiger partial charge in [0.25, 0.3) is 0 Å². The van der Waals surface area contributed by atoms with Gasteiger partial charge in [0.1, 0.15) is 11.5 Å². The summed E-state index contributed by atoms with van der Waals surface area (Å²) in [5, 5.41) is 3.18. The molecule has 0 N–H and O–H groups in total. The van der Waals surface area contributed by atoms with Crippen LogP contribution in [0, 0.1) is 0 Å². The van der Waals surface area contributed by atoms with Crippen molar-refractivity contribution in [3.8, 4) is 0 Å². The van der Waals surface area contributed by atoms with Gasteiger partial charge in [-0.2, -0.15) is 0 Å². The Bertz CT molecular complexity index is 388. The van der Waals surface area contributed by atoms with Crippen molar-refractivity contribution in [2.45, 2.75) is 0 Å². The van der Waals surface area contributed by atoms with Crippen LogP contribution in [0.15, 0.2) is 33.6 Å². The van der Waals surface area contributed by atoms with Crippen molar-refractivity contribution in [1.29, 1.82) is 0 Å². The van der Waals surface area contributed by atoms with Crippen LogP contribution in [0.25, 0.3) is 16.5 Å². The van der Waals surface area contributed by atoms with Gasteiger partial charge in [0.05, 0.1) is 13.4 Å². The van der Waals surface area contributed by atoms with Crippen LogP contribution in [0.3, 0.4) is 0 Å². The van der Waals surface area contributed by atoms with E-state index in [1.807, 2.05) is 0 Å². The zero-order chi connectivity index (χ0) is 10.4. The van der Waals surface area contributed by atoms with Crippen LogP contribution in [0.2, 0.25) is 0 Å². The SMILES string of the molecule is COC(=O)C(=Cc1ccco1)N=[N+]=[N-]. The van der Waals surface area contributed by atoms with Crippen molar-refractivity contribution < 1.29 is 13.9 Å². The third-order valence-electron chi connectivity index (χ3n) is 1.37. The number of furan rings is 1. The first-order valence-corrected chi connectivity index (χ1v) is 3.66. The Hall–Kier alpha value is -2.20. The van der Waals surface area contributed by atoms with Crippen LogP contribution >= 0.6 is 0 Å². The molecule has 6 heteroatoms. The molecule has 0 atom stereocenters. The predicted molar refractivity (Wildman–Crippen MR) is 47.8 cm³/mol. The fourth-order valence-corrected chi connectivity index (χ4v) is 0.790. The lowest BCUT2D eigenvalue weighted by Crippen LogP contribution is -2.01. The van der Waals surface area contributed by atoms with E-state index in [1.54, 1.807) is 12.1 Å². The molecule has 0 unspecified atom stereocenters. The fourth-order valence-electron chi connectivity index (χ4n) is 0.790. The molecule has 14 heavy (non-hydrogen) atoms. The van der Waals surface area contributed by atoms with Gasteiger partial charge in [-0.05, 0) is 23.7 Å². The van der Waals surface area contributed by atoms with E-state index in [2.05, 4.69) is 14.8 Å². The highest BCUT2D eigenvalue weighted by atomic mass is 16.5. The van der Waals surface area contributed by atoms with E-state index in [0.717, 1.165) is 0 Å². The standard InChI is InChI=1S/C8H7N3O3/c1-13-8(12)7(10-11-9)5-6-3-2-4-14-6/h2-5H,1H3. The number of methoxy groups -OCH3 is 1. The van der Waals surface area contributed by atoms with E-state index in [4.69, 9.17) is 9.95 Å². The lowest BCUT2D eigenvalue weighted by Gasteiger charge is -1.95. The van der Waals surface area contributed by atoms with Crippen LogP contribution in [0.4, 0.5) is 0 Å². The van der Waals surface area contributed by atoms with Gasteiger partial charge in [0, 0.05) is 4.91 Å². The van der Waals surface area contributed by atoms with Gasteiger partial charge in [-0.25, -0.2) is 4.79 Å². The zero-order valence-electron chi connectivity index (χ0n) is 7.38. The number of ether oxygens (including phenoxy) is 1. The summed E-state index contributed by atoms with van der Waals surface area (Å²) in [5.41, 5.74) is 8.04. The molecular formula is C8H7N3O3. The monoisotopic (exact) mass is 193 g/mol. The number of hydrogen-bond donors (Lipinski definition) is 0. The Balaban J connectivity index is 2.99. The lowest BCUT2D eigenvalue weighted by molar-refractivity contribution is -0.136. The van der Waals surface area contributed by atoms with E-state index >= 15 is 0 Å². The van der Waals surface area contributed by atoms with E-state index in [-0.39, 0.29) is 5.70 Å². The van der Waals surface area contributed by atoms with Crippen molar-refractivity contribution in [1.82, 2.24) is 0 Å². The highest BCUT2D eigenvalue weighted by Gasteiger charge is 2.07. The predicted octanol–water partition coefficient (Wildman–Crippen LogP) is 2.10. The summed E-state index contributed by atoms with van der Waals surface area (Å²) < 4.78 is 9.34. The molecule has 0 saturated carbocycles. The highest BCUT2D eigenvalue weighted by Crippen LogP contribution is 2.09. The van der Waals surface area contributed by atoms with Crippen molar-refractivity contribution in [3.05, 3.63) is 40.3 Å². The zero-order valence-corrected chi connectivity index (χ0v) is 7.38. The van der Waals surface area contributed by atoms with E-state index in [9.17, 15) is 4.79 Å². The first-order valence-electron chi connectivity index (χ1n) is 3.66. The van der Waals surface area contributed by atoms with Gasteiger partial charge in [0.15, 0.2) is 0 Å². The maximum atomic E-state index is 11.0. The molecule has 0 aliphatic heterocycles. The van der Waals surface area contributed by atoms with Crippen molar-refractivity contribution in [2.75, 3.05) is 7.11 Å². The van der Waals surface area contributed by atoms with Crippen molar-refractivity contribution in [3.63, 3.8) is 0 Å². The third kappa shape index (κ3) is 2.40. The molecule has 0 radical (unpaired) electrons. The molecule has 0 amide bonds. The third-order valence-corrected chi connectivity index (χ3v) is 1.37. The number of esters is 1. The Morgan fingerprint density at radius 2 is 2.57 bits per heavy atom. The van der Waals surface area contributed by atoms with Crippen molar-refractivity contribution in [2.24, 2.45) is 5.11 Å². The smallest absolute Gasteiger partial charge is 0.340 e. The highest BCUT2D eigenvalue weighted by molar-refractivity contribution is 5.92. The van der Waals surface area contributed by atoms with E-state index < -0.39 is 5.97 Å². The van der Waals surface area contributed by atoms with Gasteiger partial charge in [-0.1, -0.05) is 5.11 Å². The van der Waals surface area contributed by atoms with Gasteiger partial charge >= 0.3 is 5.97 Å². The summed E-state index contributed by atoms with van der Waals surface area (Å²) in [6, 6.07) is 3.27. The maximum absolute atomic E-state index is 11.0. The summed E-state index contributed by atoms with van der Waals surface area (Å²) in [5.74, 6) is -0.294. The van der Waals surface area contributed by atoms with Crippen molar-refractivity contribution >= 4 is 12.0 Å². The van der Waals surface area contributed by atoms with Crippen LogP contribution in [-0.4, -0.2) is 13.1 Å². The van der Waals surface area contributed by atoms with Crippen LogP contribution < -0.4 is 0 Å². The largest absolute Gasteiger partial charge is 0.466 e. The molecule has 0 spiro atoms. The van der Waals surface area contributed by atoms with Gasteiger partial charge in [-0.3, -0.25) is 0 Å². The van der Waals surface area contributed by atoms with Gasteiger partial charge in [0.2, 0.25) is 0 Å². The fraction of sp³-hybridized carbons (Fsp3) is 0.125.